The highest BCUT2D eigenvalue weighted by Crippen LogP contribution is 2.22. The van der Waals surface area contributed by atoms with E-state index in [0.717, 1.165) is 27.6 Å². The normalized spacial score (nSPS) is 10.6. The van der Waals surface area contributed by atoms with Crippen molar-refractivity contribution in [2.45, 2.75) is 13.1 Å². The maximum Gasteiger partial charge on any atom is 0.319 e. The van der Waals surface area contributed by atoms with Crippen molar-refractivity contribution in [2.24, 2.45) is 0 Å². The highest BCUT2D eigenvalue weighted by Gasteiger charge is 2.05. The van der Waals surface area contributed by atoms with E-state index in [1.807, 2.05) is 72.8 Å². The molecule has 0 spiro atoms. The molecule has 0 aliphatic heterocycles. The number of benzene rings is 3. The lowest BCUT2D eigenvalue weighted by Crippen LogP contribution is -2.28. The number of amides is 2. The second kappa shape index (κ2) is 8.44. The van der Waals surface area contributed by atoms with E-state index in [9.17, 15) is 9.59 Å². The number of hydrogen-bond acceptors (Lipinski definition) is 2. The fraction of sp³-hybridized carbons (Fsp3) is 0.0833. The summed E-state index contributed by atoms with van der Waals surface area (Å²) in [5, 5.41) is 7.89. The van der Waals surface area contributed by atoms with E-state index in [1.165, 1.54) is 0 Å². The lowest BCUT2D eigenvalue weighted by Gasteiger charge is -2.11. The molecule has 0 unspecified atom stereocenters. The van der Waals surface area contributed by atoms with Crippen molar-refractivity contribution in [2.75, 3.05) is 5.32 Å². The number of pyridine rings is 1. The van der Waals surface area contributed by atoms with Gasteiger partial charge in [0.05, 0.1) is 12.2 Å². The lowest BCUT2D eigenvalue weighted by atomic mass is 10.1. The molecule has 0 fully saturated rings. The molecule has 0 saturated carbocycles. The number of rotatable bonds is 5. The first-order chi connectivity index (χ1) is 14.2. The number of hydrogen-bond donors (Lipinski definition) is 2. The molecular weight excluding hydrogens is 362 g/mol. The molecule has 1 aromatic heterocycles. The third-order valence-electron chi connectivity index (χ3n) is 4.77. The summed E-state index contributed by atoms with van der Waals surface area (Å²) in [7, 11) is 0. The highest BCUT2D eigenvalue weighted by atomic mass is 16.2. The second-order valence-electron chi connectivity index (χ2n) is 6.82. The molecular formula is C24H21N3O2. The van der Waals surface area contributed by atoms with Gasteiger partial charge in [0, 0.05) is 24.2 Å². The van der Waals surface area contributed by atoms with E-state index in [0.29, 0.717) is 13.1 Å². The Morgan fingerprint density at radius 2 is 1.52 bits per heavy atom. The third-order valence-corrected chi connectivity index (χ3v) is 4.77. The third kappa shape index (κ3) is 4.52. The second-order valence-corrected chi connectivity index (χ2v) is 6.82. The molecule has 5 heteroatoms. The summed E-state index contributed by atoms with van der Waals surface area (Å²) in [6, 6.07) is 26.5. The first kappa shape index (κ1) is 18.5. The molecule has 2 amide bonds. The molecule has 4 aromatic rings. The zero-order valence-corrected chi connectivity index (χ0v) is 15.8. The zero-order valence-electron chi connectivity index (χ0n) is 15.8. The van der Waals surface area contributed by atoms with Gasteiger partial charge in [0.25, 0.3) is 5.56 Å². The standard InChI is InChI=1S/C24H21N3O2/c28-23-10-3-4-15-27(23)17-19-13-11-18(12-14-19)16-25-24(29)26-22-9-5-7-20-6-1-2-8-21(20)22/h1-15H,16-17H2,(H2,25,26,29). The summed E-state index contributed by atoms with van der Waals surface area (Å²) in [5.41, 5.74) is 2.78. The van der Waals surface area contributed by atoms with Crippen LogP contribution in [0, 0.1) is 0 Å². The van der Waals surface area contributed by atoms with Crippen LogP contribution in [0.25, 0.3) is 10.8 Å². The van der Waals surface area contributed by atoms with Gasteiger partial charge in [-0.15, -0.1) is 0 Å². The average Bonchev–Trinajstić information content (AvgIpc) is 2.75. The zero-order chi connectivity index (χ0) is 20.1. The van der Waals surface area contributed by atoms with E-state index >= 15 is 0 Å². The van der Waals surface area contributed by atoms with Crippen LogP contribution in [0.2, 0.25) is 0 Å². The predicted molar refractivity (Wildman–Crippen MR) is 116 cm³/mol. The molecule has 2 N–H and O–H groups in total. The monoisotopic (exact) mass is 383 g/mol. The van der Waals surface area contributed by atoms with Crippen LogP contribution in [0.4, 0.5) is 10.5 Å². The molecule has 0 aliphatic carbocycles. The Hall–Kier alpha value is -3.86. The van der Waals surface area contributed by atoms with Crippen molar-refractivity contribution in [1.82, 2.24) is 9.88 Å². The Kier molecular flexibility index (Phi) is 5.38. The van der Waals surface area contributed by atoms with Gasteiger partial charge in [-0.1, -0.05) is 66.7 Å². The Balaban J connectivity index is 1.36. The van der Waals surface area contributed by atoms with Crippen molar-refractivity contribution in [3.05, 3.63) is 113 Å². The molecule has 0 saturated heterocycles. The largest absolute Gasteiger partial charge is 0.334 e. The minimum Gasteiger partial charge on any atom is -0.334 e. The lowest BCUT2D eigenvalue weighted by molar-refractivity contribution is 0.252. The van der Waals surface area contributed by atoms with Crippen LogP contribution < -0.4 is 16.2 Å². The van der Waals surface area contributed by atoms with Gasteiger partial charge in [0.2, 0.25) is 0 Å². The fourth-order valence-electron chi connectivity index (χ4n) is 3.23. The summed E-state index contributed by atoms with van der Waals surface area (Å²) in [6.45, 7) is 0.942. The summed E-state index contributed by atoms with van der Waals surface area (Å²) in [4.78, 5) is 24.1. The van der Waals surface area contributed by atoms with Gasteiger partial charge in [0.1, 0.15) is 0 Å². The molecule has 0 radical (unpaired) electrons. The maximum atomic E-state index is 12.3. The minimum atomic E-state index is -0.249. The Morgan fingerprint density at radius 1 is 0.793 bits per heavy atom. The SMILES string of the molecule is O=C(NCc1ccc(Cn2ccccc2=O)cc1)Nc1cccc2ccccc12. The van der Waals surface area contributed by atoms with Crippen LogP contribution in [0.1, 0.15) is 11.1 Å². The average molecular weight is 383 g/mol. The van der Waals surface area contributed by atoms with E-state index in [1.54, 1.807) is 22.9 Å². The molecule has 1 heterocycles. The number of nitrogens with zero attached hydrogens (tertiary/aromatic N) is 1. The maximum absolute atomic E-state index is 12.3. The number of carbonyl (C=O) groups is 1. The summed E-state index contributed by atoms with van der Waals surface area (Å²) in [5.74, 6) is 0. The quantitative estimate of drug-likeness (QED) is 0.537. The molecule has 29 heavy (non-hydrogen) atoms. The molecule has 0 atom stereocenters. The van der Waals surface area contributed by atoms with Crippen LogP contribution in [-0.2, 0) is 13.1 Å². The van der Waals surface area contributed by atoms with E-state index in [-0.39, 0.29) is 11.6 Å². The minimum absolute atomic E-state index is 0.0247. The number of anilines is 1. The molecule has 144 valence electrons. The highest BCUT2D eigenvalue weighted by molar-refractivity contribution is 6.01. The first-order valence-corrected chi connectivity index (χ1v) is 9.45. The number of urea groups is 1. The predicted octanol–water partition coefficient (Wildman–Crippen LogP) is 4.37. The fourth-order valence-corrected chi connectivity index (χ4v) is 3.23. The van der Waals surface area contributed by atoms with Crippen LogP contribution in [-0.4, -0.2) is 10.6 Å². The van der Waals surface area contributed by atoms with E-state index in [4.69, 9.17) is 0 Å². The van der Waals surface area contributed by atoms with Gasteiger partial charge in [-0.05, 0) is 28.6 Å². The number of nitrogens with one attached hydrogen (secondary N) is 2. The molecule has 5 nitrogen and oxygen atoms in total. The molecule has 4 rings (SSSR count). The summed E-state index contributed by atoms with van der Waals surface area (Å²) >= 11 is 0. The van der Waals surface area contributed by atoms with Crippen molar-refractivity contribution < 1.29 is 4.79 Å². The van der Waals surface area contributed by atoms with Gasteiger partial charge in [-0.25, -0.2) is 4.79 Å². The van der Waals surface area contributed by atoms with Gasteiger partial charge in [-0.3, -0.25) is 4.79 Å². The Bertz CT molecular complexity index is 1190. The smallest absolute Gasteiger partial charge is 0.319 e. The van der Waals surface area contributed by atoms with Crippen LogP contribution >= 0.6 is 0 Å². The Morgan fingerprint density at radius 3 is 2.34 bits per heavy atom. The first-order valence-electron chi connectivity index (χ1n) is 9.45. The molecule has 0 bridgehead atoms. The molecule has 0 aliphatic rings. The van der Waals surface area contributed by atoms with Gasteiger partial charge in [-0.2, -0.15) is 0 Å². The number of carbonyl (C=O) groups excluding carboxylic acids is 1. The van der Waals surface area contributed by atoms with Gasteiger partial charge >= 0.3 is 6.03 Å². The van der Waals surface area contributed by atoms with Crippen LogP contribution in [0.3, 0.4) is 0 Å². The molecule has 3 aromatic carbocycles. The van der Waals surface area contributed by atoms with Gasteiger partial charge < -0.3 is 15.2 Å². The van der Waals surface area contributed by atoms with Crippen molar-refractivity contribution in [3.8, 4) is 0 Å². The van der Waals surface area contributed by atoms with Crippen molar-refractivity contribution in [3.63, 3.8) is 0 Å². The summed E-state index contributed by atoms with van der Waals surface area (Å²) < 4.78 is 1.66. The van der Waals surface area contributed by atoms with Gasteiger partial charge in [0.15, 0.2) is 0 Å². The topological polar surface area (TPSA) is 63.1 Å². The van der Waals surface area contributed by atoms with E-state index in [2.05, 4.69) is 10.6 Å². The van der Waals surface area contributed by atoms with Crippen LogP contribution in [0.15, 0.2) is 95.9 Å². The van der Waals surface area contributed by atoms with Crippen molar-refractivity contribution in [1.29, 1.82) is 0 Å². The number of fused-ring (bicyclic) bond motifs is 1. The van der Waals surface area contributed by atoms with Crippen LogP contribution in [0.5, 0.6) is 0 Å². The summed E-state index contributed by atoms with van der Waals surface area (Å²) in [6.07, 6.45) is 1.77. The van der Waals surface area contributed by atoms with E-state index < -0.39 is 0 Å². The van der Waals surface area contributed by atoms with Crippen molar-refractivity contribution >= 4 is 22.5 Å². The Labute approximate surface area is 168 Å². The number of aromatic nitrogens is 1.